The Labute approximate surface area is 187 Å². The second-order valence-corrected chi connectivity index (χ2v) is 7.83. The molecule has 0 amide bonds. The number of carbonyl (C=O) groups excluding carboxylic acids is 1. The molecule has 0 fully saturated rings. The molecule has 0 bridgehead atoms. The van der Waals surface area contributed by atoms with Gasteiger partial charge in [-0.15, -0.1) is 0 Å². The van der Waals surface area contributed by atoms with Crippen LogP contribution < -0.4 is 14.2 Å². The van der Waals surface area contributed by atoms with Crippen LogP contribution >= 0.6 is 0 Å². The molecule has 170 valence electrons. The number of aliphatic hydroxyl groups excluding tert-OH is 2. The number of ketones is 1. The van der Waals surface area contributed by atoms with E-state index in [4.69, 9.17) is 14.2 Å². The number of rotatable bonds is 3. The molecule has 2 aliphatic heterocycles. The molecule has 0 saturated heterocycles. The summed E-state index contributed by atoms with van der Waals surface area (Å²) in [5.74, 6) is -1.08. The Kier molecular flexibility index (Phi) is 4.99. The zero-order chi connectivity index (χ0) is 23.3. The maximum Gasteiger partial charge on any atom is 0.202 e. The second kappa shape index (κ2) is 7.88. The van der Waals surface area contributed by atoms with Crippen LogP contribution in [0.5, 0.6) is 34.5 Å². The molecule has 9 heteroatoms. The summed E-state index contributed by atoms with van der Waals surface area (Å²) < 4.78 is 18.0. The molecule has 2 heterocycles. The highest BCUT2D eigenvalue weighted by atomic mass is 16.6. The van der Waals surface area contributed by atoms with Crippen molar-refractivity contribution in [1.82, 2.24) is 0 Å². The van der Waals surface area contributed by atoms with E-state index in [0.29, 0.717) is 11.1 Å². The molecule has 33 heavy (non-hydrogen) atoms. The first-order valence-corrected chi connectivity index (χ1v) is 10.2. The van der Waals surface area contributed by atoms with E-state index in [1.807, 2.05) is 0 Å². The average Bonchev–Trinajstić information content (AvgIpc) is 2.80. The minimum absolute atomic E-state index is 0.0690. The van der Waals surface area contributed by atoms with Gasteiger partial charge in [0.15, 0.2) is 35.9 Å². The number of carbonyl (C=O) groups is 1. The van der Waals surface area contributed by atoms with Crippen molar-refractivity contribution in [2.45, 2.75) is 24.4 Å². The Bertz CT molecular complexity index is 1220. The van der Waals surface area contributed by atoms with Gasteiger partial charge in [-0.2, -0.15) is 0 Å². The van der Waals surface area contributed by atoms with Crippen LogP contribution in [0.3, 0.4) is 0 Å². The molecule has 2 unspecified atom stereocenters. The molecular formula is C24H20O9. The van der Waals surface area contributed by atoms with Gasteiger partial charge < -0.3 is 39.7 Å². The van der Waals surface area contributed by atoms with Crippen LogP contribution in [0.2, 0.25) is 0 Å². The lowest BCUT2D eigenvalue weighted by atomic mass is 9.91. The van der Waals surface area contributed by atoms with Crippen molar-refractivity contribution in [1.29, 1.82) is 0 Å². The summed E-state index contributed by atoms with van der Waals surface area (Å²) in [4.78, 5) is 12.8. The first-order valence-electron chi connectivity index (χ1n) is 10.2. The number of ether oxygens (including phenoxy) is 3. The number of phenols is 3. The Hall–Kier alpha value is -3.95. The van der Waals surface area contributed by atoms with Crippen LogP contribution in [-0.4, -0.2) is 50.1 Å². The molecule has 3 aromatic carbocycles. The van der Waals surface area contributed by atoms with E-state index in [9.17, 15) is 30.3 Å². The second-order valence-electron chi connectivity index (χ2n) is 7.83. The van der Waals surface area contributed by atoms with Gasteiger partial charge >= 0.3 is 0 Å². The van der Waals surface area contributed by atoms with Gasteiger partial charge in [0, 0.05) is 17.7 Å². The number of hydrogen-bond donors (Lipinski definition) is 5. The molecule has 5 rings (SSSR count). The fraction of sp³-hybridized carbons (Fsp3) is 0.208. The molecular weight excluding hydrogens is 432 g/mol. The summed E-state index contributed by atoms with van der Waals surface area (Å²) in [7, 11) is 0. The molecule has 9 nitrogen and oxygen atoms in total. The predicted molar refractivity (Wildman–Crippen MR) is 113 cm³/mol. The molecule has 3 aromatic rings. The summed E-state index contributed by atoms with van der Waals surface area (Å²) in [6.45, 7) is -0.345. The summed E-state index contributed by atoms with van der Waals surface area (Å²) in [5, 5.41) is 50.0. The zero-order valence-electron chi connectivity index (χ0n) is 17.1. The van der Waals surface area contributed by atoms with Gasteiger partial charge in [0.25, 0.3) is 0 Å². The van der Waals surface area contributed by atoms with E-state index in [-0.39, 0.29) is 40.9 Å². The van der Waals surface area contributed by atoms with Gasteiger partial charge in [-0.05, 0) is 23.8 Å². The largest absolute Gasteiger partial charge is 0.508 e. The molecule has 0 spiro atoms. The van der Waals surface area contributed by atoms with Gasteiger partial charge in [0.1, 0.15) is 28.6 Å². The van der Waals surface area contributed by atoms with Crippen LogP contribution in [0.1, 0.15) is 33.7 Å². The lowest BCUT2D eigenvalue weighted by Crippen LogP contribution is -2.39. The summed E-state index contributed by atoms with van der Waals surface area (Å²) in [5.41, 5.74) is 0.719. The molecule has 0 aromatic heterocycles. The maximum absolute atomic E-state index is 12.8. The van der Waals surface area contributed by atoms with E-state index in [2.05, 4.69) is 0 Å². The first kappa shape index (κ1) is 20.9. The minimum Gasteiger partial charge on any atom is -0.508 e. The topological polar surface area (TPSA) is 146 Å². The lowest BCUT2D eigenvalue weighted by molar-refractivity contribution is -0.0179. The van der Waals surface area contributed by atoms with Crippen molar-refractivity contribution < 1.29 is 44.5 Å². The van der Waals surface area contributed by atoms with Gasteiger partial charge in [0.2, 0.25) is 5.78 Å². The Balaban J connectivity index is 1.57. The third-order valence-corrected chi connectivity index (χ3v) is 5.70. The van der Waals surface area contributed by atoms with Crippen molar-refractivity contribution in [2.75, 3.05) is 6.61 Å². The van der Waals surface area contributed by atoms with Crippen molar-refractivity contribution in [3.63, 3.8) is 0 Å². The van der Waals surface area contributed by atoms with Crippen LogP contribution in [0, 0.1) is 0 Å². The lowest BCUT2D eigenvalue weighted by Gasteiger charge is -2.37. The van der Waals surface area contributed by atoms with Crippen molar-refractivity contribution in [2.24, 2.45) is 0 Å². The van der Waals surface area contributed by atoms with Crippen LogP contribution in [0.4, 0.5) is 0 Å². The minimum atomic E-state index is -1.66. The fourth-order valence-corrected chi connectivity index (χ4v) is 4.13. The molecule has 0 radical (unpaired) electrons. The first-order chi connectivity index (χ1) is 15.9. The number of aromatic hydroxyl groups is 3. The number of hydrogen-bond acceptors (Lipinski definition) is 9. The summed E-state index contributed by atoms with van der Waals surface area (Å²) in [6.07, 6.45) is -4.37. The third kappa shape index (κ3) is 3.47. The number of phenolic OH excluding ortho intramolecular Hbond substituents is 3. The fourth-order valence-electron chi connectivity index (χ4n) is 4.13. The SMILES string of the molecule is O=C1c2c(O)cc(O)cc2O[C@H](c2cccc3c2OC(c2ccc(O)cc2)C(CO)O3)[C@H]1O. The van der Waals surface area contributed by atoms with E-state index >= 15 is 0 Å². The number of fused-ring (bicyclic) bond motifs is 2. The molecule has 5 N–H and O–H groups in total. The Morgan fingerprint density at radius 2 is 1.58 bits per heavy atom. The van der Waals surface area contributed by atoms with E-state index in [1.54, 1.807) is 30.3 Å². The standard InChI is InChI=1S/C24H20O9/c25-10-18-22(11-4-6-12(26)7-5-11)33-23-14(2-1-3-16(23)31-18)24-21(30)20(29)19-15(28)8-13(27)9-17(19)32-24/h1-9,18,21-22,24-28,30H,10H2/t18?,21-,22?,24+/m0/s1. The summed E-state index contributed by atoms with van der Waals surface area (Å²) in [6, 6.07) is 13.3. The number of Topliss-reactive ketones (excluding diaryl/α,β-unsaturated/α-hetero) is 1. The summed E-state index contributed by atoms with van der Waals surface area (Å²) >= 11 is 0. The Morgan fingerprint density at radius 1 is 0.818 bits per heavy atom. The molecule has 0 saturated carbocycles. The third-order valence-electron chi connectivity index (χ3n) is 5.70. The smallest absolute Gasteiger partial charge is 0.202 e. The number of benzene rings is 3. The monoisotopic (exact) mass is 452 g/mol. The van der Waals surface area contributed by atoms with Gasteiger partial charge in [-0.3, -0.25) is 4.79 Å². The quantitative estimate of drug-likeness (QED) is 0.404. The Morgan fingerprint density at radius 3 is 2.30 bits per heavy atom. The van der Waals surface area contributed by atoms with Gasteiger partial charge in [0.05, 0.1) is 6.61 Å². The van der Waals surface area contributed by atoms with E-state index < -0.39 is 35.9 Å². The molecule has 2 aliphatic rings. The number of aliphatic hydroxyl groups is 2. The van der Waals surface area contributed by atoms with Crippen LogP contribution in [-0.2, 0) is 0 Å². The highest BCUT2D eigenvalue weighted by Gasteiger charge is 2.43. The van der Waals surface area contributed by atoms with Crippen molar-refractivity contribution >= 4 is 5.78 Å². The number of para-hydroxylation sites is 1. The van der Waals surface area contributed by atoms with Gasteiger partial charge in [-0.25, -0.2) is 0 Å². The van der Waals surface area contributed by atoms with Crippen molar-refractivity contribution in [3.05, 3.63) is 71.3 Å². The van der Waals surface area contributed by atoms with Crippen LogP contribution in [0.25, 0.3) is 0 Å². The zero-order valence-corrected chi connectivity index (χ0v) is 17.1. The van der Waals surface area contributed by atoms with Crippen LogP contribution in [0.15, 0.2) is 54.6 Å². The van der Waals surface area contributed by atoms with E-state index in [0.717, 1.165) is 6.07 Å². The highest BCUT2D eigenvalue weighted by molar-refractivity contribution is 6.05. The predicted octanol–water partition coefficient (Wildman–Crippen LogP) is 2.35. The highest BCUT2D eigenvalue weighted by Crippen LogP contribution is 2.48. The van der Waals surface area contributed by atoms with Crippen molar-refractivity contribution in [3.8, 4) is 34.5 Å². The molecule has 4 atom stereocenters. The maximum atomic E-state index is 12.8. The average molecular weight is 452 g/mol. The van der Waals surface area contributed by atoms with E-state index in [1.165, 1.54) is 18.2 Å². The molecule has 0 aliphatic carbocycles. The van der Waals surface area contributed by atoms with Gasteiger partial charge in [-0.1, -0.05) is 24.3 Å². The normalized spacial score (nSPS) is 23.5.